The highest BCUT2D eigenvalue weighted by Crippen LogP contribution is 2.50. The quantitative estimate of drug-likeness (QED) is 0.798. The summed E-state index contributed by atoms with van der Waals surface area (Å²) >= 11 is 0. The predicted molar refractivity (Wildman–Crippen MR) is 72.7 cm³/mol. The maximum Gasteiger partial charge on any atom is 0.160 e. The standard InChI is InChI=1S/C13H20N2O3S/c1-10(2)4-7-18-11-8-14-12(15-9-11)13(5-6-13)19(3,16)17/h8-10H,4-7H2,1-3H3. The summed E-state index contributed by atoms with van der Waals surface area (Å²) in [6.07, 6.45) is 6.56. The van der Waals surface area contributed by atoms with Gasteiger partial charge in [-0.2, -0.15) is 0 Å². The first-order valence-electron chi connectivity index (χ1n) is 6.50. The Morgan fingerprint density at radius 2 is 1.89 bits per heavy atom. The number of hydrogen-bond donors (Lipinski definition) is 0. The molecule has 106 valence electrons. The Bertz CT molecular complexity index is 534. The molecule has 19 heavy (non-hydrogen) atoms. The molecule has 0 aromatic carbocycles. The van der Waals surface area contributed by atoms with Crippen LogP contribution in [-0.4, -0.2) is 31.2 Å². The van der Waals surface area contributed by atoms with Crippen LogP contribution in [0.25, 0.3) is 0 Å². The van der Waals surface area contributed by atoms with E-state index in [1.165, 1.54) is 6.26 Å². The van der Waals surface area contributed by atoms with Gasteiger partial charge in [0.05, 0.1) is 19.0 Å². The van der Waals surface area contributed by atoms with Crippen molar-refractivity contribution in [2.45, 2.75) is 37.9 Å². The molecule has 0 N–H and O–H groups in total. The third kappa shape index (κ3) is 3.05. The van der Waals surface area contributed by atoms with Crippen molar-refractivity contribution in [2.75, 3.05) is 12.9 Å². The van der Waals surface area contributed by atoms with Crippen molar-refractivity contribution in [3.63, 3.8) is 0 Å². The molecule has 0 spiro atoms. The lowest BCUT2D eigenvalue weighted by molar-refractivity contribution is 0.287. The number of hydrogen-bond acceptors (Lipinski definition) is 5. The van der Waals surface area contributed by atoms with Gasteiger partial charge in [-0.3, -0.25) is 0 Å². The number of rotatable bonds is 6. The van der Waals surface area contributed by atoms with Crippen LogP contribution in [0.1, 0.15) is 38.9 Å². The second-order valence-electron chi connectivity index (χ2n) is 5.54. The van der Waals surface area contributed by atoms with Crippen molar-refractivity contribution in [1.29, 1.82) is 0 Å². The van der Waals surface area contributed by atoms with Crippen molar-refractivity contribution >= 4 is 9.84 Å². The molecule has 1 saturated carbocycles. The van der Waals surface area contributed by atoms with Crippen LogP contribution in [0.2, 0.25) is 0 Å². The lowest BCUT2D eigenvalue weighted by atomic mass is 10.1. The Kier molecular flexibility index (Phi) is 3.80. The minimum Gasteiger partial charge on any atom is -0.490 e. The topological polar surface area (TPSA) is 69.2 Å². The summed E-state index contributed by atoms with van der Waals surface area (Å²) in [4.78, 5) is 8.32. The van der Waals surface area contributed by atoms with E-state index >= 15 is 0 Å². The van der Waals surface area contributed by atoms with E-state index in [2.05, 4.69) is 23.8 Å². The highest BCUT2D eigenvalue weighted by atomic mass is 32.2. The molecule has 1 fully saturated rings. The minimum atomic E-state index is -3.15. The van der Waals surface area contributed by atoms with Crippen molar-refractivity contribution in [2.24, 2.45) is 5.92 Å². The van der Waals surface area contributed by atoms with Gasteiger partial charge in [-0.05, 0) is 25.2 Å². The van der Waals surface area contributed by atoms with E-state index in [0.717, 1.165) is 6.42 Å². The molecule has 5 nitrogen and oxygen atoms in total. The van der Waals surface area contributed by atoms with E-state index in [-0.39, 0.29) is 0 Å². The van der Waals surface area contributed by atoms with Crippen molar-refractivity contribution in [1.82, 2.24) is 9.97 Å². The minimum absolute atomic E-state index is 0.395. The maximum atomic E-state index is 11.7. The molecule has 0 radical (unpaired) electrons. The monoisotopic (exact) mass is 284 g/mol. The molecule has 1 aromatic heterocycles. The highest BCUT2D eigenvalue weighted by Gasteiger charge is 2.56. The van der Waals surface area contributed by atoms with Gasteiger partial charge in [0.25, 0.3) is 0 Å². The largest absolute Gasteiger partial charge is 0.490 e. The van der Waals surface area contributed by atoms with E-state index in [9.17, 15) is 8.42 Å². The third-order valence-electron chi connectivity index (χ3n) is 3.41. The molecule has 0 atom stereocenters. The maximum absolute atomic E-state index is 11.7. The second kappa shape index (κ2) is 5.07. The molecule has 1 aromatic rings. The van der Waals surface area contributed by atoms with Crippen LogP contribution in [-0.2, 0) is 14.6 Å². The van der Waals surface area contributed by atoms with Crippen LogP contribution in [0, 0.1) is 5.92 Å². The third-order valence-corrected chi connectivity index (χ3v) is 5.42. The average Bonchev–Trinajstić information content (AvgIpc) is 3.10. The molecule has 0 amide bonds. The Labute approximate surface area is 114 Å². The summed E-state index contributed by atoms with van der Waals surface area (Å²) in [6, 6.07) is 0. The summed E-state index contributed by atoms with van der Waals surface area (Å²) in [7, 11) is -3.15. The van der Waals surface area contributed by atoms with Gasteiger partial charge in [0.15, 0.2) is 15.6 Å². The van der Waals surface area contributed by atoms with Crippen LogP contribution in [0.3, 0.4) is 0 Å². The van der Waals surface area contributed by atoms with Gasteiger partial charge < -0.3 is 4.74 Å². The fourth-order valence-electron chi connectivity index (χ4n) is 1.91. The fraction of sp³-hybridized carbons (Fsp3) is 0.692. The zero-order valence-corrected chi connectivity index (χ0v) is 12.4. The van der Waals surface area contributed by atoms with E-state index in [4.69, 9.17) is 4.74 Å². The summed E-state index contributed by atoms with van der Waals surface area (Å²) in [5.41, 5.74) is 0. The average molecular weight is 284 g/mol. The van der Waals surface area contributed by atoms with Gasteiger partial charge in [-0.1, -0.05) is 13.8 Å². The molecule has 1 aliphatic carbocycles. The normalized spacial score (nSPS) is 17.5. The first-order valence-corrected chi connectivity index (χ1v) is 8.39. The smallest absolute Gasteiger partial charge is 0.160 e. The van der Waals surface area contributed by atoms with Crippen LogP contribution >= 0.6 is 0 Å². The molecule has 1 aliphatic rings. The van der Waals surface area contributed by atoms with Gasteiger partial charge in [0.1, 0.15) is 10.6 Å². The van der Waals surface area contributed by atoms with Crippen LogP contribution in [0.15, 0.2) is 12.4 Å². The van der Waals surface area contributed by atoms with Gasteiger partial charge in [-0.15, -0.1) is 0 Å². The van der Waals surface area contributed by atoms with Crippen molar-refractivity contribution < 1.29 is 13.2 Å². The number of ether oxygens (including phenoxy) is 1. The highest BCUT2D eigenvalue weighted by molar-refractivity contribution is 7.91. The van der Waals surface area contributed by atoms with Crippen LogP contribution in [0.5, 0.6) is 5.75 Å². The summed E-state index contributed by atoms with van der Waals surface area (Å²) in [5.74, 6) is 1.57. The van der Waals surface area contributed by atoms with Crippen LogP contribution < -0.4 is 4.74 Å². The number of nitrogens with zero attached hydrogens (tertiary/aromatic N) is 2. The van der Waals surface area contributed by atoms with Gasteiger partial charge >= 0.3 is 0 Å². The molecule has 6 heteroatoms. The number of aromatic nitrogens is 2. The Morgan fingerprint density at radius 1 is 1.32 bits per heavy atom. The van der Waals surface area contributed by atoms with E-state index in [1.54, 1.807) is 12.4 Å². The van der Waals surface area contributed by atoms with Crippen LogP contribution in [0.4, 0.5) is 0 Å². The van der Waals surface area contributed by atoms with E-state index < -0.39 is 14.6 Å². The zero-order valence-electron chi connectivity index (χ0n) is 11.6. The number of sulfone groups is 1. The lowest BCUT2D eigenvalue weighted by Gasteiger charge is -2.12. The molecule has 0 bridgehead atoms. The molecular formula is C13H20N2O3S. The van der Waals surface area contributed by atoms with E-state index in [0.29, 0.717) is 36.9 Å². The van der Waals surface area contributed by atoms with Crippen molar-refractivity contribution in [3.05, 3.63) is 18.2 Å². The molecular weight excluding hydrogens is 264 g/mol. The molecule has 2 rings (SSSR count). The SMILES string of the molecule is CC(C)CCOc1cnc(C2(S(C)(=O)=O)CC2)nc1. The van der Waals surface area contributed by atoms with E-state index in [1.807, 2.05) is 0 Å². The van der Waals surface area contributed by atoms with Crippen molar-refractivity contribution in [3.8, 4) is 5.75 Å². The fourth-order valence-corrected chi connectivity index (χ4v) is 3.19. The molecule has 0 unspecified atom stereocenters. The Morgan fingerprint density at radius 3 is 2.32 bits per heavy atom. The first-order chi connectivity index (χ1) is 8.85. The first kappa shape index (κ1) is 14.2. The molecule has 0 aliphatic heterocycles. The molecule has 0 saturated heterocycles. The van der Waals surface area contributed by atoms with Gasteiger partial charge in [0, 0.05) is 6.26 Å². The second-order valence-corrected chi connectivity index (χ2v) is 7.87. The summed E-state index contributed by atoms with van der Waals surface area (Å²) in [5, 5.41) is 0. The van der Waals surface area contributed by atoms with Gasteiger partial charge in [-0.25, -0.2) is 18.4 Å². The summed E-state index contributed by atoms with van der Waals surface area (Å²) in [6.45, 7) is 4.88. The lowest BCUT2D eigenvalue weighted by Crippen LogP contribution is -2.22. The Hall–Kier alpha value is -1.17. The molecule has 1 heterocycles. The Balaban J connectivity index is 2.04. The predicted octanol–water partition coefficient (Wildman–Crippen LogP) is 1.94. The zero-order chi connectivity index (χ0) is 14.1. The van der Waals surface area contributed by atoms with Gasteiger partial charge in [0.2, 0.25) is 0 Å². The summed E-state index contributed by atoms with van der Waals surface area (Å²) < 4.78 is 28.1.